The van der Waals surface area contributed by atoms with Gasteiger partial charge < -0.3 is 0 Å². The second kappa shape index (κ2) is 4.08. The minimum atomic E-state index is -0.0367. The normalized spacial score (nSPS) is 33.0. The van der Waals surface area contributed by atoms with Crippen molar-refractivity contribution in [3.8, 4) is 0 Å². The summed E-state index contributed by atoms with van der Waals surface area (Å²) in [6.07, 6.45) is 6.10. The van der Waals surface area contributed by atoms with Crippen LogP contribution in [0.3, 0.4) is 0 Å². The monoisotopic (exact) mass is 234 g/mol. The molecule has 0 aromatic rings. The number of hydrogen-bond acceptors (Lipinski definition) is 2. The lowest BCUT2D eigenvalue weighted by molar-refractivity contribution is -0.121. The molecule has 2 rings (SSSR count). The lowest BCUT2D eigenvalue weighted by Gasteiger charge is -2.36. The minimum absolute atomic E-state index is 0.0367. The van der Waals surface area contributed by atoms with Gasteiger partial charge in [0.25, 0.3) is 0 Å². The zero-order chi connectivity index (χ0) is 12.7. The average molecular weight is 234 g/mol. The molecule has 17 heavy (non-hydrogen) atoms. The van der Waals surface area contributed by atoms with Crippen LogP contribution in [0.4, 0.5) is 0 Å². The van der Waals surface area contributed by atoms with Crippen molar-refractivity contribution in [1.29, 1.82) is 0 Å². The van der Waals surface area contributed by atoms with Crippen LogP contribution in [0, 0.1) is 10.8 Å². The van der Waals surface area contributed by atoms with Gasteiger partial charge in [-0.1, -0.05) is 26.3 Å². The maximum Gasteiger partial charge on any atom is 0.145 e. The molecule has 0 unspecified atom stereocenters. The zero-order valence-electron chi connectivity index (χ0n) is 11.1. The molecule has 0 N–H and O–H groups in total. The molecule has 2 aliphatic rings. The number of allylic oxidation sites excluding steroid dienone is 2. The number of fused-ring (bicyclic) bond motifs is 1. The molecule has 0 aromatic carbocycles. The van der Waals surface area contributed by atoms with Gasteiger partial charge in [-0.15, -0.1) is 0 Å². The predicted molar refractivity (Wildman–Crippen MR) is 67.7 cm³/mol. The number of carbonyl (C=O) groups is 2. The Labute approximate surface area is 103 Å². The molecule has 0 aromatic heterocycles. The predicted octanol–water partition coefficient (Wildman–Crippen LogP) is 3.45. The first-order valence-corrected chi connectivity index (χ1v) is 6.56. The zero-order valence-corrected chi connectivity index (χ0v) is 11.1. The number of Topliss-reactive ketones (excluding diaryl/α,β-unsaturated/α-hetero) is 1. The van der Waals surface area contributed by atoms with Crippen molar-refractivity contribution in [2.24, 2.45) is 10.8 Å². The molecule has 2 heteroatoms. The van der Waals surface area contributed by atoms with Crippen molar-refractivity contribution in [3.63, 3.8) is 0 Å². The molecule has 2 aliphatic carbocycles. The van der Waals surface area contributed by atoms with Crippen LogP contribution in [0.15, 0.2) is 11.1 Å². The molecule has 94 valence electrons. The third-order valence-electron chi connectivity index (χ3n) is 4.53. The summed E-state index contributed by atoms with van der Waals surface area (Å²) in [5.41, 5.74) is 2.34. The van der Waals surface area contributed by atoms with Gasteiger partial charge in [-0.2, -0.15) is 0 Å². The second-order valence-corrected chi connectivity index (χ2v) is 6.74. The fraction of sp³-hybridized carbons (Fsp3) is 0.733. The van der Waals surface area contributed by atoms with Crippen molar-refractivity contribution in [2.75, 3.05) is 0 Å². The van der Waals surface area contributed by atoms with Crippen molar-refractivity contribution < 1.29 is 9.59 Å². The fourth-order valence-corrected chi connectivity index (χ4v) is 3.32. The van der Waals surface area contributed by atoms with Gasteiger partial charge >= 0.3 is 0 Å². The molecule has 2 nitrogen and oxygen atoms in total. The SMILES string of the molecule is CC1(C)CCC(=O)C[C@@]2(C)CCC(C=O)=C2C1. The van der Waals surface area contributed by atoms with Crippen LogP contribution in [-0.2, 0) is 9.59 Å². The van der Waals surface area contributed by atoms with Crippen molar-refractivity contribution in [2.45, 2.75) is 59.3 Å². The standard InChI is InChI=1S/C15H22O2/c1-14(2)6-5-12(17)8-15(3)7-4-11(10-16)13(15)9-14/h10H,4-9H2,1-3H3/t15-/m1/s1. The van der Waals surface area contributed by atoms with E-state index in [0.717, 1.165) is 37.5 Å². The van der Waals surface area contributed by atoms with Gasteiger partial charge in [0, 0.05) is 12.8 Å². The molecule has 0 saturated heterocycles. The van der Waals surface area contributed by atoms with Gasteiger partial charge in [-0.25, -0.2) is 0 Å². The lowest BCUT2D eigenvalue weighted by atomic mass is 9.68. The highest BCUT2D eigenvalue weighted by Crippen LogP contribution is 2.51. The Kier molecular flexibility index (Phi) is 3.01. The van der Waals surface area contributed by atoms with Crippen LogP contribution in [0.5, 0.6) is 0 Å². The highest BCUT2D eigenvalue weighted by Gasteiger charge is 2.41. The molecule has 1 fully saturated rings. The maximum atomic E-state index is 12.0. The average Bonchev–Trinajstić information content (AvgIpc) is 2.52. The van der Waals surface area contributed by atoms with E-state index in [1.54, 1.807) is 0 Å². The van der Waals surface area contributed by atoms with Gasteiger partial charge in [0.15, 0.2) is 0 Å². The van der Waals surface area contributed by atoms with Crippen LogP contribution >= 0.6 is 0 Å². The number of aldehydes is 1. The topological polar surface area (TPSA) is 34.1 Å². The Morgan fingerprint density at radius 2 is 1.76 bits per heavy atom. The second-order valence-electron chi connectivity index (χ2n) is 6.74. The maximum absolute atomic E-state index is 12.0. The van der Waals surface area contributed by atoms with E-state index in [1.165, 1.54) is 5.57 Å². The smallest absolute Gasteiger partial charge is 0.145 e. The van der Waals surface area contributed by atoms with Crippen LogP contribution in [0.1, 0.15) is 59.3 Å². The first-order chi connectivity index (χ1) is 7.86. The molecule has 0 radical (unpaired) electrons. The minimum Gasteiger partial charge on any atom is -0.300 e. The molecule has 1 atom stereocenters. The van der Waals surface area contributed by atoms with Crippen LogP contribution in [0.2, 0.25) is 0 Å². The molecule has 1 saturated carbocycles. The Morgan fingerprint density at radius 3 is 2.41 bits per heavy atom. The Bertz CT molecular complexity index is 390. The Hall–Kier alpha value is -0.920. The fourth-order valence-electron chi connectivity index (χ4n) is 3.32. The summed E-state index contributed by atoms with van der Waals surface area (Å²) >= 11 is 0. The van der Waals surface area contributed by atoms with Gasteiger partial charge in [0.2, 0.25) is 0 Å². The molecule has 0 aliphatic heterocycles. The highest BCUT2D eigenvalue weighted by atomic mass is 16.1. The van der Waals surface area contributed by atoms with E-state index < -0.39 is 0 Å². The van der Waals surface area contributed by atoms with E-state index in [4.69, 9.17) is 0 Å². The number of rotatable bonds is 1. The summed E-state index contributed by atoms with van der Waals surface area (Å²) in [6, 6.07) is 0. The number of ketones is 1. The Balaban J connectivity index is 2.41. The third kappa shape index (κ3) is 2.36. The molecule has 0 heterocycles. The molecule has 0 spiro atoms. The van der Waals surface area contributed by atoms with Crippen molar-refractivity contribution >= 4 is 12.1 Å². The third-order valence-corrected chi connectivity index (χ3v) is 4.53. The van der Waals surface area contributed by atoms with Crippen molar-refractivity contribution in [1.82, 2.24) is 0 Å². The number of hydrogen-bond donors (Lipinski definition) is 0. The highest BCUT2D eigenvalue weighted by molar-refractivity contribution is 5.82. The van der Waals surface area contributed by atoms with Gasteiger partial charge in [0.1, 0.15) is 12.1 Å². The summed E-state index contributed by atoms with van der Waals surface area (Å²) in [7, 11) is 0. The van der Waals surface area contributed by atoms with Crippen LogP contribution < -0.4 is 0 Å². The molecule has 0 amide bonds. The summed E-state index contributed by atoms with van der Waals surface area (Å²) in [6.45, 7) is 6.58. The van der Waals surface area contributed by atoms with E-state index in [2.05, 4.69) is 20.8 Å². The largest absolute Gasteiger partial charge is 0.300 e. The summed E-state index contributed by atoms with van der Waals surface area (Å²) < 4.78 is 0. The molecular weight excluding hydrogens is 212 g/mol. The van der Waals surface area contributed by atoms with Gasteiger partial charge in [0.05, 0.1) is 0 Å². The first kappa shape index (κ1) is 12.5. The van der Waals surface area contributed by atoms with Crippen molar-refractivity contribution in [3.05, 3.63) is 11.1 Å². The van der Waals surface area contributed by atoms with Crippen LogP contribution in [0.25, 0.3) is 0 Å². The van der Waals surface area contributed by atoms with Gasteiger partial charge in [-0.05, 0) is 42.1 Å². The van der Waals surface area contributed by atoms with E-state index in [1.807, 2.05) is 0 Å². The molecule has 0 bridgehead atoms. The first-order valence-electron chi connectivity index (χ1n) is 6.56. The molecular formula is C15H22O2. The summed E-state index contributed by atoms with van der Waals surface area (Å²) in [5, 5.41) is 0. The van der Waals surface area contributed by atoms with E-state index in [0.29, 0.717) is 18.6 Å². The van der Waals surface area contributed by atoms with Crippen LogP contribution in [-0.4, -0.2) is 12.1 Å². The lowest BCUT2D eigenvalue weighted by Crippen LogP contribution is -2.28. The van der Waals surface area contributed by atoms with E-state index in [-0.39, 0.29) is 10.8 Å². The van der Waals surface area contributed by atoms with E-state index in [9.17, 15) is 9.59 Å². The number of carbonyl (C=O) groups excluding carboxylic acids is 2. The summed E-state index contributed by atoms with van der Waals surface area (Å²) in [5.74, 6) is 0.366. The Morgan fingerprint density at radius 1 is 1.06 bits per heavy atom. The summed E-state index contributed by atoms with van der Waals surface area (Å²) in [4.78, 5) is 23.1. The van der Waals surface area contributed by atoms with Gasteiger partial charge in [-0.3, -0.25) is 9.59 Å². The quantitative estimate of drug-likeness (QED) is 0.651. The van der Waals surface area contributed by atoms with E-state index >= 15 is 0 Å².